The van der Waals surface area contributed by atoms with E-state index in [1.807, 2.05) is 24.3 Å². The van der Waals surface area contributed by atoms with Crippen molar-refractivity contribution >= 4 is 16.0 Å². The zero-order valence-corrected chi connectivity index (χ0v) is 17.6. The number of methoxy groups -OCH3 is 1. The monoisotopic (exact) mass is 412 g/mol. The number of ether oxygens (including phenoxy) is 2. The van der Waals surface area contributed by atoms with Crippen LogP contribution in [-0.4, -0.2) is 66.6 Å². The van der Waals surface area contributed by atoms with Crippen molar-refractivity contribution in [3.8, 4) is 5.75 Å². The van der Waals surface area contributed by atoms with Gasteiger partial charge in [-0.15, -0.1) is 0 Å². The Hall–Kier alpha value is -1.84. The molecule has 1 heterocycles. The summed E-state index contributed by atoms with van der Waals surface area (Å²) in [4.78, 5) is 4.12. The molecule has 8 nitrogen and oxygen atoms in total. The van der Waals surface area contributed by atoms with Gasteiger partial charge in [0, 0.05) is 33.3 Å². The predicted octanol–water partition coefficient (Wildman–Crippen LogP) is 0.891. The Morgan fingerprint density at radius 3 is 2.61 bits per heavy atom. The van der Waals surface area contributed by atoms with E-state index in [0.717, 1.165) is 31.4 Å². The van der Waals surface area contributed by atoms with Crippen molar-refractivity contribution in [1.29, 1.82) is 0 Å². The molecule has 0 amide bonds. The molecule has 0 bridgehead atoms. The van der Waals surface area contributed by atoms with Gasteiger partial charge < -0.3 is 20.1 Å². The van der Waals surface area contributed by atoms with Crippen molar-refractivity contribution in [2.45, 2.75) is 31.8 Å². The molecule has 9 heteroatoms. The van der Waals surface area contributed by atoms with Gasteiger partial charge in [-0.05, 0) is 43.4 Å². The smallest absolute Gasteiger partial charge is 0.213 e. The average molecular weight is 413 g/mol. The highest BCUT2D eigenvalue weighted by Crippen LogP contribution is 2.12. The summed E-state index contributed by atoms with van der Waals surface area (Å²) in [6, 6.07) is 7.90. The largest absolute Gasteiger partial charge is 0.497 e. The highest BCUT2D eigenvalue weighted by molar-refractivity contribution is 7.89. The van der Waals surface area contributed by atoms with Gasteiger partial charge in [0.05, 0.1) is 19.0 Å². The topological polar surface area (TPSA) is 101 Å². The van der Waals surface area contributed by atoms with Crippen LogP contribution in [0.5, 0.6) is 5.75 Å². The number of benzene rings is 1. The van der Waals surface area contributed by atoms with Crippen molar-refractivity contribution in [3.63, 3.8) is 0 Å². The summed E-state index contributed by atoms with van der Waals surface area (Å²) in [5.41, 5.74) is 1.18. The number of nitrogens with zero attached hydrogens (tertiary/aromatic N) is 1. The van der Waals surface area contributed by atoms with E-state index in [0.29, 0.717) is 25.7 Å². The van der Waals surface area contributed by atoms with Gasteiger partial charge in [-0.25, -0.2) is 13.1 Å². The molecule has 0 spiro atoms. The molecular formula is C19H32N4O4S. The van der Waals surface area contributed by atoms with E-state index in [4.69, 9.17) is 9.47 Å². The van der Waals surface area contributed by atoms with Gasteiger partial charge in [-0.1, -0.05) is 12.1 Å². The number of sulfonamides is 1. The molecule has 1 unspecified atom stereocenters. The SMILES string of the molecule is CN=C(NCCc1ccc(OC)cc1)NCCS(=O)(=O)NCC1CCCCO1. The molecule has 1 saturated heterocycles. The lowest BCUT2D eigenvalue weighted by Crippen LogP contribution is -2.43. The number of rotatable bonds is 10. The maximum Gasteiger partial charge on any atom is 0.213 e. The first-order valence-electron chi connectivity index (χ1n) is 9.69. The van der Waals surface area contributed by atoms with Crippen molar-refractivity contribution in [3.05, 3.63) is 29.8 Å². The molecule has 0 aromatic heterocycles. The summed E-state index contributed by atoms with van der Waals surface area (Å²) >= 11 is 0. The first-order valence-corrected chi connectivity index (χ1v) is 11.3. The molecule has 0 radical (unpaired) electrons. The number of hydrogen-bond acceptors (Lipinski definition) is 5. The predicted molar refractivity (Wildman–Crippen MR) is 111 cm³/mol. The number of guanidine groups is 1. The number of aliphatic imine (C=N–C) groups is 1. The van der Waals surface area contributed by atoms with Gasteiger partial charge in [-0.3, -0.25) is 4.99 Å². The Kier molecular flexibility index (Phi) is 9.52. The second-order valence-corrected chi connectivity index (χ2v) is 8.61. The summed E-state index contributed by atoms with van der Waals surface area (Å²) in [5.74, 6) is 1.40. The van der Waals surface area contributed by atoms with Crippen molar-refractivity contribution in [2.75, 3.05) is 46.2 Å². The molecule has 158 valence electrons. The van der Waals surface area contributed by atoms with E-state index >= 15 is 0 Å². The zero-order valence-electron chi connectivity index (χ0n) is 16.7. The summed E-state index contributed by atoms with van der Waals surface area (Å²) in [6.45, 7) is 2.03. The normalized spacial score (nSPS) is 17.9. The first kappa shape index (κ1) is 22.4. The van der Waals surface area contributed by atoms with E-state index in [2.05, 4.69) is 20.3 Å². The van der Waals surface area contributed by atoms with Crippen LogP contribution in [0, 0.1) is 0 Å². The molecule has 1 aromatic rings. The minimum absolute atomic E-state index is 0.0103. The van der Waals surface area contributed by atoms with Crippen LogP contribution in [-0.2, 0) is 21.2 Å². The van der Waals surface area contributed by atoms with Gasteiger partial charge in [0.25, 0.3) is 0 Å². The number of nitrogens with one attached hydrogen (secondary N) is 3. The summed E-state index contributed by atoms with van der Waals surface area (Å²) in [5, 5.41) is 6.23. The second kappa shape index (κ2) is 11.9. The Morgan fingerprint density at radius 2 is 1.96 bits per heavy atom. The standard InChI is InChI=1S/C19H32N4O4S/c1-20-19(21-11-10-16-6-8-17(26-2)9-7-16)22-12-14-28(24,25)23-15-18-5-3-4-13-27-18/h6-9,18,23H,3-5,10-15H2,1-2H3,(H2,20,21,22). The molecule has 2 rings (SSSR count). The van der Waals surface area contributed by atoms with Crippen LogP contribution in [0.4, 0.5) is 0 Å². The Balaban J connectivity index is 1.63. The van der Waals surface area contributed by atoms with Crippen LogP contribution >= 0.6 is 0 Å². The van der Waals surface area contributed by atoms with E-state index in [1.165, 1.54) is 5.56 Å². The van der Waals surface area contributed by atoms with Gasteiger partial charge in [-0.2, -0.15) is 0 Å². The highest BCUT2D eigenvalue weighted by Gasteiger charge is 2.17. The fourth-order valence-corrected chi connectivity index (χ4v) is 3.86. The third-order valence-corrected chi connectivity index (χ3v) is 5.90. The van der Waals surface area contributed by atoms with Gasteiger partial charge >= 0.3 is 0 Å². The van der Waals surface area contributed by atoms with Crippen LogP contribution in [0.2, 0.25) is 0 Å². The third-order valence-electron chi connectivity index (χ3n) is 4.56. The molecule has 1 fully saturated rings. The highest BCUT2D eigenvalue weighted by atomic mass is 32.2. The van der Waals surface area contributed by atoms with Crippen LogP contribution in [0.3, 0.4) is 0 Å². The molecule has 0 aliphatic carbocycles. The molecule has 1 aliphatic heterocycles. The minimum atomic E-state index is -3.34. The molecule has 1 atom stereocenters. The van der Waals surface area contributed by atoms with Gasteiger partial charge in [0.2, 0.25) is 10.0 Å². The Labute approximate surface area is 168 Å². The van der Waals surface area contributed by atoms with E-state index in [1.54, 1.807) is 14.2 Å². The van der Waals surface area contributed by atoms with Crippen LogP contribution in [0.25, 0.3) is 0 Å². The fraction of sp³-hybridized carbons (Fsp3) is 0.632. The summed E-state index contributed by atoms with van der Waals surface area (Å²) < 4.78 is 37.6. The zero-order chi connectivity index (χ0) is 20.2. The quantitative estimate of drug-likeness (QED) is 0.390. The van der Waals surface area contributed by atoms with Crippen LogP contribution in [0.15, 0.2) is 29.3 Å². The maximum atomic E-state index is 12.1. The minimum Gasteiger partial charge on any atom is -0.497 e. The van der Waals surface area contributed by atoms with E-state index in [-0.39, 0.29) is 18.4 Å². The van der Waals surface area contributed by atoms with E-state index < -0.39 is 10.0 Å². The van der Waals surface area contributed by atoms with Crippen LogP contribution < -0.4 is 20.1 Å². The lowest BCUT2D eigenvalue weighted by Gasteiger charge is -2.22. The summed E-state index contributed by atoms with van der Waals surface area (Å²) in [6.07, 6.45) is 3.87. The average Bonchev–Trinajstić information content (AvgIpc) is 2.72. The molecule has 3 N–H and O–H groups in total. The van der Waals surface area contributed by atoms with Crippen molar-refractivity contribution in [2.24, 2.45) is 4.99 Å². The van der Waals surface area contributed by atoms with Gasteiger partial charge in [0.1, 0.15) is 5.75 Å². The Morgan fingerprint density at radius 1 is 1.21 bits per heavy atom. The van der Waals surface area contributed by atoms with Crippen LogP contribution in [0.1, 0.15) is 24.8 Å². The molecule has 0 saturated carbocycles. The van der Waals surface area contributed by atoms with Gasteiger partial charge in [0.15, 0.2) is 5.96 Å². The summed E-state index contributed by atoms with van der Waals surface area (Å²) in [7, 11) is -0.0350. The first-order chi connectivity index (χ1) is 13.5. The van der Waals surface area contributed by atoms with Crippen molar-refractivity contribution < 1.29 is 17.9 Å². The third kappa shape index (κ3) is 8.45. The maximum absolute atomic E-state index is 12.1. The lowest BCUT2D eigenvalue weighted by atomic mass is 10.1. The lowest BCUT2D eigenvalue weighted by molar-refractivity contribution is 0.0200. The molecule has 1 aliphatic rings. The fourth-order valence-electron chi connectivity index (χ4n) is 2.90. The molecule has 28 heavy (non-hydrogen) atoms. The van der Waals surface area contributed by atoms with E-state index in [9.17, 15) is 8.42 Å². The number of hydrogen-bond donors (Lipinski definition) is 3. The Bertz CT molecular complexity index is 701. The second-order valence-electron chi connectivity index (χ2n) is 6.68. The van der Waals surface area contributed by atoms with Crippen molar-refractivity contribution in [1.82, 2.24) is 15.4 Å². The molecule has 1 aromatic carbocycles. The molecular weight excluding hydrogens is 380 g/mol.